The molecule has 2 aliphatic rings. The molecule has 15 heavy (non-hydrogen) atoms. The molecule has 0 aromatic carbocycles. The van der Waals surface area contributed by atoms with Crippen molar-refractivity contribution in [2.75, 3.05) is 0 Å². The van der Waals surface area contributed by atoms with E-state index in [2.05, 4.69) is 38.2 Å². The average Bonchev–Trinajstić information content (AvgIpc) is 2.30. The van der Waals surface area contributed by atoms with Crippen molar-refractivity contribution >= 4 is 0 Å². The van der Waals surface area contributed by atoms with Crippen LogP contribution in [0.25, 0.3) is 0 Å². The molecule has 0 N–H and O–H groups in total. The Morgan fingerprint density at radius 2 is 1.80 bits per heavy atom. The van der Waals surface area contributed by atoms with E-state index in [-0.39, 0.29) is 0 Å². The Bertz CT molecular complexity index is 294. The fraction of sp³-hybridized carbons (Fsp3) is 0.600. The van der Waals surface area contributed by atoms with Gasteiger partial charge in [-0.25, -0.2) is 0 Å². The van der Waals surface area contributed by atoms with Crippen LogP contribution in [0.5, 0.6) is 0 Å². The van der Waals surface area contributed by atoms with Crippen LogP contribution in [-0.2, 0) is 0 Å². The molecule has 0 radical (unpaired) electrons. The minimum atomic E-state index is 0.670. The number of hydrogen-bond acceptors (Lipinski definition) is 0. The summed E-state index contributed by atoms with van der Waals surface area (Å²) < 4.78 is 0. The molecule has 82 valence electrons. The quantitative estimate of drug-likeness (QED) is 0.581. The summed E-state index contributed by atoms with van der Waals surface area (Å²) in [6.45, 7) is 4.66. The van der Waals surface area contributed by atoms with E-state index >= 15 is 0 Å². The third-order valence-corrected chi connectivity index (χ3v) is 3.65. The van der Waals surface area contributed by atoms with Gasteiger partial charge in [0, 0.05) is 5.92 Å². The first kappa shape index (κ1) is 10.7. The van der Waals surface area contributed by atoms with E-state index in [1.54, 1.807) is 11.1 Å². The zero-order valence-corrected chi connectivity index (χ0v) is 10.00. The fourth-order valence-corrected chi connectivity index (χ4v) is 2.76. The van der Waals surface area contributed by atoms with Crippen LogP contribution >= 0.6 is 0 Å². The van der Waals surface area contributed by atoms with Crippen molar-refractivity contribution < 1.29 is 0 Å². The van der Waals surface area contributed by atoms with Gasteiger partial charge in [-0.2, -0.15) is 0 Å². The van der Waals surface area contributed by atoms with Crippen LogP contribution < -0.4 is 0 Å². The normalized spacial score (nSPS) is 26.5. The molecule has 2 aliphatic carbocycles. The van der Waals surface area contributed by atoms with Crippen molar-refractivity contribution in [3.63, 3.8) is 0 Å². The molecule has 0 amide bonds. The number of allylic oxidation sites excluding steroid dienone is 6. The summed E-state index contributed by atoms with van der Waals surface area (Å²) in [5, 5.41) is 0. The largest absolute Gasteiger partial charge is 0.0768 e. The van der Waals surface area contributed by atoms with Gasteiger partial charge >= 0.3 is 0 Å². The van der Waals surface area contributed by atoms with Gasteiger partial charge in [0.2, 0.25) is 0 Å². The molecule has 0 spiro atoms. The van der Waals surface area contributed by atoms with Crippen LogP contribution in [-0.4, -0.2) is 0 Å². The van der Waals surface area contributed by atoms with Crippen molar-refractivity contribution in [1.82, 2.24) is 0 Å². The molecule has 0 aromatic rings. The average molecular weight is 202 g/mol. The van der Waals surface area contributed by atoms with Gasteiger partial charge in [-0.15, -0.1) is 0 Å². The third kappa shape index (κ3) is 2.42. The van der Waals surface area contributed by atoms with Crippen LogP contribution in [0.15, 0.2) is 35.5 Å². The first-order valence-electron chi connectivity index (χ1n) is 6.36. The molecule has 1 fully saturated rings. The molecule has 0 heterocycles. The molecule has 0 bridgehead atoms. The van der Waals surface area contributed by atoms with E-state index in [0.717, 1.165) is 5.92 Å². The van der Waals surface area contributed by atoms with Gasteiger partial charge in [0.1, 0.15) is 0 Å². The van der Waals surface area contributed by atoms with Crippen LogP contribution in [0.1, 0.15) is 46.0 Å². The molecule has 1 unspecified atom stereocenters. The van der Waals surface area contributed by atoms with Crippen LogP contribution in [0.4, 0.5) is 0 Å². The topological polar surface area (TPSA) is 0 Å². The van der Waals surface area contributed by atoms with E-state index in [0.29, 0.717) is 5.92 Å². The van der Waals surface area contributed by atoms with Crippen molar-refractivity contribution in [2.45, 2.75) is 46.0 Å². The minimum absolute atomic E-state index is 0.670. The Morgan fingerprint density at radius 3 is 2.47 bits per heavy atom. The van der Waals surface area contributed by atoms with Gasteiger partial charge in [-0.3, -0.25) is 0 Å². The van der Waals surface area contributed by atoms with E-state index in [9.17, 15) is 0 Å². The summed E-state index contributed by atoms with van der Waals surface area (Å²) in [4.78, 5) is 0. The highest BCUT2D eigenvalue weighted by molar-refractivity contribution is 5.37. The second-order valence-corrected chi connectivity index (χ2v) is 5.13. The monoisotopic (exact) mass is 202 g/mol. The van der Waals surface area contributed by atoms with Crippen LogP contribution in [0.3, 0.4) is 0 Å². The highest BCUT2D eigenvalue weighted by Gasteiger charge is 2.19. The van der Waals surface area contributed by atoms with E-state index in [4.69, 9.17) is 0 Å². The maximum Gasteiger partial charge on any atom is 0.00436 e. The zero-order chi connectivity index (χ0) is 10.7. The fourth-order valence-electron chi connectivity index (χ4n) is 2.76. The standard InChI is InChI=1S/C15H22/c1-12(2)14-10-6-7-11-15(14)13-8-4-3-5-9-13/h6-7,10-12,14H,3-5,8-9H2,1-2H3. The van der Waals surface area contributed by atoms with Gasteiger partial charge in [0.15, 0.2) is 0 Å². The lowest BCUT2D eigenvalue weighted by molar-refractivity contribution is 0.512. The molecule has 0 aromatic heterocycles. The molecule has 1 atom stereocenters. The molecule has 0 heteroatoms. The molecule has 2 rings (SSSR count). The van der Waals surface area contributed by atoms with Crippen molar-refractivity contribution in [3.05, 3.63) is 35.5 Å². The summed E-state index contributed by atoms with van der Waals surface area (Å²) >= 11 is 0. The second-order valence-electron chi connectivity index (χ2n) is 5.13. The van der Waals surface area contributed by atoms with Gasteiger partial charge in [0.05, 0.1) is 0 Å². The smallest absolute Gasteiger partial charge is 0.00436 e. The van der Waals surface area contributed by atoms with Gasteiger partial charge < -0.3 is 0 Å². The Morgan fingerprint density at radius 1 is 1.07 bits per heavy atom. The molecular weight excluding hydrogens is 180 g/mol. The first-order chi connectivity index (χ1) is 7.29. The second kappa shape index (κ2) is 4.83. The van der Waals surface area contributed by atoms with Crippen molar-refractivity contribution in [1.29, 1.82) is 0 Å². The maximum atomic E-state index is 2.38. The molecule has 0 saturated heterocycles. The molecule has 1 saturated carbocycles. The maximum absolute atomic E-state index is 2.38. The third-order valence-electron chi connectivity index (χ3n) is 3.65. The van der Waals surface area contributed by atoms with Crippen LogP contribution in [0.2, 0.25) is 0 Å². The van der Waals surface area contributed by atoms with Crippen LogP contribution in [0, 0.1) is 11.8 Å². The summed E-state index contributed by atoms with van der Waals surface area (Å²) in [5.74, 6) is 1.40. The summed E-state index contributed by atoms with van der Waals surface area (Å²) in [6.07, 6.45) is 16.1. The Hall–Kier alpha value is -0.780. The number of rotatable bonds is 1. The summed E-state index contributed by atoms with van der Waals surface area (Å²) in [6, 6.07) is 0. The predicted octanol–water partition coefficient (Wildman–Crippen LogP) is 4.65. The number of hydrogen-bond donors (Lipinski definition) is 0. The van der Waals surface area contributed by atoms with Gasteiger partial charge in [0.25, 0.3) is 0 Å². The summed E-state index contributed by atoms with van der Waals surface area (Å²) in [5.41, 5.74) is 3.37. The molecule has 0 nitrogen and oxygen atoms in total. The lowest BCUT2D eigenvalue weighted by Crippen LogP contribution is -2.13. The van der Waals surface area contributed by atoms with Gasteiger partial charge in [-0.05, 0) is 37.2 Å². The summed E-state index contributed by atoms with van der Waals surface area (Å²) in [7, 11) is 0. The van der Waals surface area contributed by atoms with Crippen molar-refractivity contribution in [3.8, 4) is 0 Å². The Labute approximate surface area is 93.8 Å². The van der Waals surface area contributed by atoms with E-state index in [1.807, 2.05) is 0 Å². The Kier molecular flexibility index (Phi) is 3.45. The first-order valence-corrected chi connectivity index (χ1v) is 6.36. The zero-order valence-electron chi connectivity index (χ0n) is 10.00. The highest BCUT2D eigenvalue weighted by atomic mass is 14.2. The lowest BCUT2D eigenvalue weighted by atomic mass is 9.79. The minimum Gasteiger partial charge on any atom is -0.0768 e. The van der Waals surface area contributed by atoms with Crippen molar-refractivity contribution in [2.24, 2.45) is 11.8 Å². The lowest BCUT2D eigenvalue weighted by Gasteiger charge is -2.26. The SMILES string of the molecule is CC(C)C1C=CC=CC1=C1CCCCC1. The van der Waals surface area contributed by atoms with E-state index < -0.39 is 0 Å². The molecule has 0 aliphatic heterocycles. The predicted molar refractivity (Wildman–Crippen MR) is 66.7 cm³/mol. The van der Waals surface area contributed by atoms with E-state index in [1.165, 1.54) is 32.1 Å². The highest BCUT2D eigenvalue weighted by Crippen LogP contribution is 2.34. The molecular formula is C15H22. The Balaban J connectivity index is 2.24. The van der Waals surface area contributed by atoms with Gasteiger partial charge in [-0.1, -0.05) is 50.1 Å².